The van der Waals surface area contributed by atoms with E-state index in [1.165, 1.54) is 11.9 Å². The quantitative estimate of drug-likeness (QED) is 0.741. The summed E-state index contributed by atoms with van der Waals surface area (Å²) >= 11 is 0. The molecule has 3 N–H and O–H groups in total. The van der Waals surface area contributed by atoms with Crippen molar-refractivity contribution in [3.63, 3.8) is 0 Å². The number of nitrogens with one attached hydrogen (secondary N) is 1. The molecule has 1 aliphatic heterocycles. The molecule has 2 atom stereocenters. The summed E-state index contributed by atoms with van der Waals surface area (Å²) in [5, 5.41) is 0. The van der Waals surface area contributed by atoms with Crippen LogP contribution in [0.15, 0.2) is 41.5 Å². The Hall–Kier alpha value is -2.71. The third-order valence-corrected chi connectivity index (χ3v) is 4.59. The molecule has 0 bridgehead atoms. The van der Waals surface area contributed by atoms with Gasteiger partial charge >= 0.3 is 0 Å². The zero-order chi connectivity index (χ0) is 17.9. The number of H-pyrrole nitrogens is 1. The molecule has 1 aromatic carbocycles. The molecule has 3 aromatic rings. The van der Waals surface area contributed by atoms with E-state index in [-0.39, 0.29) is 36.0 Å². The average molecular weight is 355 g/mol. The summed E-state index contributed by atoms with van der Waals surface area (Å²) in [5.41, 5.74) is 7.14. The summed E-state index contributed by atoms with van der Waals surface area (Å²) in [4.78, 5) is 22.5. The van der Waals surface area contributed by atoms with Gasteiger partial charge < -0.3 is 15.2 Å². The third kappa shape index (κ3) is 3.47. The van der Waals surface area contributed by atoms with Gasteiger partial charge in [-0.05, 0) is 24.8 Å². The van der Waals surface area contributed by atoms with Crippen molar-refractivity contribution in [2.24, 2.45) is 0 Å². The largest absolute Gasteiger partial charge is 0.371 e. The first kappa shape index (κ1) is 16.7. The van der Waals surface area contributed by atoms with Crippen molar-refractivity contribution >= 4 is 17.1 Å². The van der Waals surface area contributed by atoms with E-state index in [0.29, 0.717) is 12.3 Å². The molecular formula is C18H21N5O3. The van der Waals surface area contributed by atoms with Crippen LogP contribution >= 0.6 is 0 Å². The highest BCUT2D eigenvalue weighted by Gasteiger charge is 2.21. The fraction of sp³-hybridized carbons (Fsp3) is 0.389. The topological polar surface area (TPSA) is 108 Å². The Kier molecular flexibility index (Phi) is 4.68. The Labute approximate surface area is 150 Å². The number of benzene rings is 1. The van der Waals surface area contributed by atoms with E-state index in [0.717, 1.165) is 19.3 Å². The van der Waals surface area contributed by atoms with Crippen LogP contribution in [0.3, 0.4) is 0 Å². The standard InChI is InChI=1S/C18H21N5O3/c19-18-21-16-15(17(24)22-18)20-10-23(16)11-26-13-7-4-8-14(25-9-13)12-5-2-1-3-6-12/h1-3,5-6,10,13-14H,4,7-9,11H2,(H3,19,21,22,24). The highest BCUT2D eigenvalue weighted by atomic mass is 16.5. The van der Waals surface area contributed by atoms with Gasteiger partial charge in [-0.1, -0.05) is 30.3 Å². The molecule has 0 radical (unpaired) electrons. The van der Waals surface area contributed by atoms with Gasteiger partial charge in [0.1, 0.15) is 6.73 Å². The number of ether oxygens (including phenoxy) is 2. The van der Waals surface area contributed by atoms with Crippen molar-refractivity contribution in [2.45, 2.75) is 38.2 Å². The van der Waals surface area contributed by atoms with Crippen molar-refractivity contribution in [1.29, 1.82) is 0 Å². The molecule has 2 aromatic heterocycles. The van der Waals surface area contributed by atoms with Crippen molar-refractivity contribution < 1.29 is 9.47 Å². The lowest BCUT2D eigenvalue weighted by molar-refractivity contribution is -0.0548. The van der Waals surface area contributed by atoms with Crippen LogP contribution < -0.4 is 11.3 Å². The van der Waals surface area contributed by atoms with E-state index in [4.69, 9.17) is 15.2 Å². The smallest absolute Gasteiger partial charge is 0.280 e. The maximum Gasteiger partial charge on any atom is 0.280 e. The molecule has 0 saturated carbocycles. The van der Waals surface area contributed by atoms with Crippen molar-refractivity contribution in [2.75, 3.05) is 12.3 Å². The van der Waals surface area contributed by atoms with Gasteiger partial charge in [0, 0.05) is 0 Å². The molecule has 2 unspecified atom stereocenters. The molecule has 0 aliphatic carbocycles. The molecule has 26 heavy (non-hydrogen) atoms. The number of aromatic amines is 1. The Morgan fingerprint density at radius 3 is 3.00 bits per heavy atom. The number of imidazole rings is 1. The number of aromatic nitrogens is 4. The van der Waals surface area contributed by atoms with Crippen LogP contribution in [0.25, 0.3) is 11.2 Å². The first-order valence-corrected chi connectivity index (χ1v) is 8.69. The second-order valence-corrected chi connectivity index (χ2v) is 6.42. The Morgan fingerprint density at radius 2 is 2.15 bits per heavy atom. The van der Waals surface area contributed by atoms with Gasteiger partial charge in [0.05, 0.1) is 25.1 Å². The molecule has 1 aliphatic rings. The SMILES string of the molecule is Nc1nc2c(ncn2COC2CCCC(c3ccccc3)OC2)c(=O)[nH]1. The van der Waals surface area contributed by atoms with E-state index < -0.39 is 0 Å². The Balaban J connectivity index is 1.40. The summed E-state index contributed by atoms with van der Waals surface area (Å²) in [6.45, 7) is 0.777. The second-order valence-electron chi connectivity index (χ2n) is 6.42. The molecule has 1 fully saturated rings. The predicted octanol–water partition coefficient (Wildman–Crippen LogP) is 1.99. The van der Waals surface area contributed by atoms with Gasteiger partial charge in [0.15, 0.2) is 11.2 Å². The summed E-state index contributed by atoms with van der Waals surface area (Å²) in [6, 6.07) is 10.3. The molecule has 136 valence electrons. The average Bonchev–Trinajstić information content (AvgIpc) is 2.90. The first-order chi connectivity index (χ1) is 12.7. The molecule has 4 rings (SSSR count). The van der Waals surface area contributed by atoms with E-state index in [9.17, 15) is 4.79 Å². The maximum absolute atomic E-state index is 11.8. The lowest BCUT2D eigenvalue weighted by Crippen LogP contribution is -2.20. The van der Waals surface area contributed by atoms with E-state index in [2.05, 4.69) is 27.1 Å². The third-order valence-electron chi connectivity index (χ3n) is 4.59. The van der Waals surface area contributed by atoms with E-state index in [1.54, 1.807) is 4.57 Å². The normalized spacial score (nSPS) is 20.9. The number of rotatable bonds is 4. The van der Waals surface area contributed by atoms with Crippen molar-refractivity contribution in [3.05, 3.63) is 52.6 Å². The van der Waals surface area contributed by atoms with Gasteiger partial charge in [-0.3, -0.25) is 14.3 Å². The van der Waals surface area contributed by atoms with Crippen LogP contribution in [0.1, 0.15) is 30.9 Å². The van der Waals surface area contributed by atoms with Gasteiger partial charge in [0.2, 0.25) is 5.95 Å². The van der Waals surface area contributed by atoms with Crippen molar-refractivity contribution in [3.8, 4) is 0 Å². The van der Waals surface area contributed by atoms with Crippen LogP contribution in [-0.2, 0) is 16.2 Å². The van der Waals surface area contributed by atoms with Gasteiger partial charge in [-0.25, -0.2) is 4.98 Å². The summed E-state index contributed by atoms with van der Waals surface area (Å²) in [6.07, 6.45) is 4.56. The zero-order valence-electron chi connectivity index (χ0n) is 14.3. The van der Waals surface area contributed by atoms with Crippen molar-refractivity contribution in [1.82, 2.24) is 19.5 Å². The highest BCUT2D eigenvalue weighted by Crippen LogP contribution is 2.28. The minimum absolute atomic E-state index is 0.0134. The molecule has 8 heteroatoms. The number of anilines is 1. The number of nitrogens with zero attached hydrogens (tertiary/aromatic N) is 3. The number of nitrogen functional groups attached to an aromatic ring is 1. The maximum atomic E-state index is 11.8. The number of fused-ring (bicyclic) bond motifs is 1. The van der Waals surface area contributed by atoms with Gasteiger partial charge in [0.25, 0.3) is 5.56 Å². The second kappa shape index (κ2) is 7.27. The highest BCUT2D eigenvalue weighted by molar-refractivity contribution is 5.70. The summed E-state index contributed by atoms with van der Waals surface area (Å²) < 4.78 is 13.7. The minimum Gasteiger partial charge on any atom is -0.371 e. The van der Waals surface area contributed by atoms with Crippen LogP contribution in [-0.4, -0.2) is 32.2 Å². The lowest BCUT2D eigenvalue weighted by Gasteiger charge is -2.18. The van der Waals surface area contributed by atoms with E-state index >= 15 is 0 Å². The molecular weight excluding hydrogens is 334 g/mol. The summed E-state index contributed by atoms with van der Waals surface area (Å²) in [5.74, 6) is 0.0627. The first-order valence-electron chi connectivity index (χ1n) is 8.69. The van der Waals surface area contributed by atoms with E-state index in [1.807, 2.05) is 18.2 Å². The fourth-order valence-electron chi connectivity index (χ4n) is 3.23. The van der Waals surface area contributed by atoms with Crippen LogP contribution in [0.2, 0.25) is 0 Å². The minimum atomic E-state index is -0.352. The number of nitrogens with two attached hydrogens (primary N) is 1. The molecule has 3 heterocycles. The Bertz CT molecular complexity index is 937. The van der Waals surface area contributed by atoms with Crippen LogP contribution in [0.5, 0.6) is 0 Å². The zero-order valence-corrected chi connectivity index (χ0v) is 14.3. The molecule has 0 amide bonds. The molecule has 1 saturated heterocycles. The number of hydrogen-bond donors (Lipinski definition) is 2. The predicted molar refractivity (Wildman–Crippen MR) is 96.4 cm³/mol. The molecule has 0 spiro atoms. The number of hydrogen-bond acceptors (Lipinski definition) is 6. The molecule has 8 nitrogen and oxygen atoms in total. The summed E-state index contributed by atoms with van der Waals surface area (Å²) in [7, 11) is 0. The van der Waals surface area contributed by atoms with Crippen LogP contribution in [0.4, 0.5) is 5.95 Å². The van der Waals surface area contributed by atoms with Crippen LogP contribution in [0, 0.1) is 0 Å². The van der Waals surface area contributed by atoms with Gasteiger partial charge in [-0.15, -0.1) is 0 Å². The Morgan fingerprint density at radius 1 is 1.31 bits per heavy atom. The monoisotopic (exact) mass is 355 g/mol. The lowest BCUT2D eigenvalue weighted by atomic mass is 10.0. The van der Waals surface area contributed by atoms with Gasteiger partial charge in [-0.2, -0.15) is 4.98 Å². The fourth-order valence-corrected chi connectivity index (χ4v) is 3.23.